The van der Waals surface area contributed by atoms with Crippen LogP contribution < -0.4 is 10.1 Å². The third kappa shape index (κ3) is 4.46. The van der Waals surface area contributed by atoms with E-state index in [9.17, 15) is 9.90 Å². The van der Waals surface area contributed by atoms with Gasteiger partial charge in [-0.15, -0.1) is 0 Å². The molecule has 0 radical (unpaired) electrons. The maximum absolute atomic E-state index is 11.5. The van der Waals surface area contributed by atoms with Crippen molar-refractivity contribution in [2.75, 3.05) is 7.11 Å². The summed E-state index contributed by atoms with van der Waals surface area (Å²) in [6.07, 6.45) is 2.98. The van der Waals surface area contributed by atoms with Crippen LogP contribution in [-0.4, -0.2) is 24.2 Å². The Hall–Kier alpha value is -1.55. The fraction of sp³-hybridized carbons (Fsp3) is 0.588. The Morgan fingerprint density at radius 1 is 1.33 bits per heavy atom. The predicted octanol–water partition coefficient (Wildman–Crippen LogP) is 3.24. The van der Waals surface area contributed by atoms with E-state index in [0.29, 0.717) is 18.3 Å². The van der Waals surface area contributed by atoms with Crippen LogP contribution >= 0.6 is 0 Å². The van der Waals surface area contributed by atoms with Crippen molar-refractivity contribution < 1.29 is 14.6 Å². The zero-order valence-electron chi connectivity index (χ0n) is 13.0. The van der Waals surface area contributed by atoms with Gasteiger partial charge in [0, 0.05) is 6.04 Å². The minimum Gasteiger partial charge on any atom is -0.497 e. The number of nitrogens with one attached hydrogen (secondary N) is 1. The molecule has 21 heavy (non-hydrogen) atoms. The van der Waals surface area contributed by atoms with Crippen molar-refractivity contribution in [2.24, 2.45) is 11.8 Å². The molecule has 0 saturated heterocycles. The van der Waals surface area contributed by atoms with Gasteiger partial charge in [0.25, 0.3) is 0 Å². The molecular formula is C17H25NO3. The number of carboxylic acid groups (broad SMARTS) is 1. The number of hydrogen-bond acceptors (Lipinski definition) is 3. The molecule has 0 bridgehead atoms. The first-order chi connectivity index (χ1) is 10.0. The van der Waals surface area contributed by atoms with Crippen molar-refractivity contribution in [3.63, 3.8) is 0 Å². The topological polar surface area (TPSA) is 58.6 Å². The second-order valence-corrected chi connectivity index (χ2v) is 6.28. The summed E-state index contributed by atoms with van der Waals surface area (Å²) in [5.74, 6) is 0.967. The third-order valence-electron chi connectivity index (χ3n) is 3.95. The summed E-state index contributed by atoms with van der Waals surface area (Å²) in [5.41, 5.74) is 1.15. The van der Waals surface area contributed by atoms with Gasteiger partial charge in [-0.1, -0.05) is 26.0 Å². The van der Waals surface area contributed by atoms with Crippen molar-refractivity contribution in [2.45, 2.75) is 45.2 Å². The number of rotatable bonds is 8. The third-order valence-corrected chi connectivity index (χ3v) is 3.95. The van der Waals surface area contributed by atoms with Gasteiger partial charge in [0.1, 0.15) is 11.8 Å². The largest absolute Gasteiger partial charge is 0.497 e. The fourth-order valence-corrected chi connectivity index (χ4v) is 2.67. The molecule has 2 rings (SSSR count). The molecule has 0 aliphatic heterocycles. The Morgan fingerprint density at radius 2 is 1.95 bits per heavy atom. The molecule has 1 fully saturated rings. The van der Waals surface area contributed by atoms with Crippen molar-refractivity contribution in [1.82, 2.24) is 5.32 Å². The van der Waals surface area contributed by atoms with Crippen LogP contribution in [0.15, 0.2) is 24.3 Å². The van der Waals surface area contributed by atoms with E-state index in [2.05, 4.69) is 19.2 Å². The monoisotopic (exact) mass is 291 g/mol. The lowest BCUT2D eigenvalue weighted by atomic mass is 9.98. The Bertz CT molecular complexity index is 465. The molecule has 0 aromatic heterocycles. The van der Waals surface area contributed by atoms with Gasteiger partial charge in [-0.2, -0.15) is 0 Å². The number of carboxylic acids is 1. The first-order valence-corrected chi connectivity index (χ1v) is 7.64. The van der Waals surface area contributed by atoms with Gasteiger partial charge in [0.05, 0.1) is 7.11 Å². The first kappa shape index (κ1) is 15.8. The minimum absolute atomic E-state index is 0.121. The number of methoxy groups -OCH3 is 1. The van der Waals surface area contributed by atoms with Crippen LogP contribution in [0, 0.1) is 11.8 Å². The van der Waals surface area contributed by atoms with Crippen LogP contribution in [0.5, 0.6) is 5.75 Å². The summed E-state index contributed by atoms with van der Waals surface area (Å²) < 4.78 is 5.18. The number of carbonyl (C=O) groups is 1. The Labute approximate surface area is 126 Å². The second kappa shape index (κ2) is 6.94. The van der Waals surface area contributed by atoms with E-state index in [1.54, 1.807) is 7.11 Å². The highest BCUT2D eigenvalue weighted by Crippen LogP contribution is 2.41. The van der Waals surface area contributed by atoms with Crippen molar-refractivity contribution in [1.29, 1.82) is 0 Å². The van der Waals surface area contributed by atoms with E-state index < -0.39 is 12.0 Å². The molecule has 116 valence electrons. The van der Waals surface area contributed by atoms with E-state index >= 15 is 0 Å². The summed E-state index contributed by atoms with van der Waals surface area (Å²) >= 11 is 0. The smallest absolute Gasteiger partial charge is 0.320 e. The molecule has 1 aliphatic rings. The van der Waals surface area contributed by atoms with Crippen LogP contribution in [0.1, 0.15) is 44.7 Å². The summed E-state index contributed by atoms with van der Waals surface area (Å²) in [6, 6.07) is 7.56. The molecule has 0 heterocycles. The molecule has 1 aliphatic carbocycles. The Kier molecular flexibility index (Phi) is 5.23. The van der Waals surface area contributed by atoms with Crippen LogP contribution in [0.25, 0.3) is 0 Å². The summed E-state index contributed by atoms with van der Waals surface area (Å²) in [5, 5.41) is 12.8. The molecule has 0 spiro atoms. The van der Waals surface area contributed by atoms with Gasteiger partial charge in [-0.25, -0.2) is 0 Å². The number of benzene rings is 1. The fourth-order valence-electron chi connectivity index (χ4n) is 2.67. The van der Waals surface area contributed by atoms with E-state index in [4.69, 9.17) is 4.74 Å². The lowest BCUT2D eigenvalue weighted by Gasteiger charge is -2.25. The van der Waals surface area contributed by atoms with Crippen LogP contribution in [-0.2, 0) is 4.79 Å². The van der Waals surface area contributed by atoms with Gasteiger partial charge in [0.2, 0.25) is 0 Å². The summed E-state index contributed by atoms with van der Waals surface area (Å²) in [4.78, 5) is 11.5. The summed E-state index contributed by atoms with van der Waals surface area (Å²) in [6.45, 7) is 4.11. The maximum Gasteiger partial charge on any atom is 0.320 e. The highest BCUT2D eigenvalue weighted by atomic mass is 16.5. The van der Waals surface area contributed by atoms with Gasteiger partial charge in [-0.3, -0.25) is 10.1 Å². The molecule has 2 N–H and O–H groups in total. The molecule has 1 aromatic rings. The number of aliphatic carboxylic acids is 1. The quantitative estimate of drug-likeness (QED) is 0.772. The zero-order valence-corrected chi connectivity index (χ0v) is 13.0. The van der Waals surface area contributed by atoms with Crippen LogP contribution in [0.3, 0.4) is 0 Å². The SMILES string of the molecule is COc1ccc(C(NC(CC(C)C)C(=O)O)C2CC2)cc1. The highest BCUT2D eigenvalue weighted by Gasteiger charge is 2.35. The van der Waals surface area contributed by atoms with Crippen molar-refractivity contribution in [3.8, 4) is 5.75 Å². The van der Waals surface area contributed by atoms with E-state index in [1.807, 2.05) is 24.3 Å². The normalized spacial score (nSPS) is 17.5. The van der Waals surface area contributed by atoms with Gasteiger partial charge in [0.15, 0.2) is 0 Å². The lowest BCUT2D eigenvalue weighted by Crippen LogP contribution is -2.40. The molecular weight excluding hydrogens is 266 g/mol. The zero-order chi connectivity index (χ0) is 15.4. The lowest BCUT2D eigenvalue weighted by molar-refractivity contribution is -0.140. The number of hydrogen-bond donors (Lipinski definition) is 2. The van der Waals surface area contributed by atoms with Crippen LogP contribution in [0.2, 0.25) is 0 Å². The van der Waals surface area contributed by atoms with E-state index in [0.717, 1.165) is 24.2 Å². The minimum atomic E-state index is -0.761. The molecule has 1 saturated carbocycles. The van der Waals surface area contributed by atoms with E-state index in [1.165, 1.54) is 0 Å². The highest BCUT2D eigenvalue weighted by molar-refractivity contribution is 5.73. The predicted molar refractivity (Wildman–Crippen MR) is 82.5 cm³/mol. The van der Waals surface area contributed by atoms with Crippen molar-refractivity contribution >= 4 is 5.97 Å². The van der Waals surface area contributed by atoms with Gasteiger partial charge in [-0.05, 0) is 48.8 Å². The van der Waals surface area contributed by atoms with Crippen molar-refractivity contribution in [3.05, 3.63) is 29.8 Å². The molecule has 2 atom stereocenters. The average molecular weight is 291 g/mol. The molecule has 0 amide bonds. The van der Waals surface area contributed by atoms with E-state index in [-0.39, 0.29) is 6.04 Å². The summed E-state index contributed by atoms with van der Waals surface area (Å²) in [7, 11) is 1.65. The molecule has 4 heteroatoms. The second-order valence-electron chi connectivity index (χ2n) is 6.28. The molecule has 2 unspecified atom stereocenters. The van der Waals surface area contributed by atoms with Gasteiger partial charge < -0.3 is 9.84 Å². The average Bonchev–Trinajstić information content (AvgIpc) is 3.27. The Morgan fingerprint density at radius 3 is 2.38 bits per heavy atom. The van der Waals surface area contributed by atoms with Gasteiger partial charge >= 0.3 is 5.97 Å². The molecule has 4 nitrogen and oxygen atoms in total. The Balaban J connectivity index is 2.12. The standard InChI is InChI=1S/C17H25NO3/c1-11(2)10-15(17(19)20)18-16(12-4-5-12)13-6-8-14(21-3)9-7-13/h6-9,11-12,15-16,18H,4-5,10H2,1-3H3,(H,19,20). The van der Waals surface area contributed by atoms with Crippen LogP contribution in [0.4, 0.5) is 0 Å². The first-order valence-electron chi connectivity index (χ1n) is 7.64. The maximum atomic E-state index is 11.5. The molecule has 1 aromatic carbocycles. The number of ether oxygens (including phenoxy) is 1.